The minimum absolute atomic E-state index is 0.0764. The summed E-state index contributed by atoms with van der Waals surface area (Å²) in [4.78, 5) is 15.2. The quantitative estimate of drug-likeness (QED) is 0.656. The van der Waals surface area contributed by atoms with Crippen LogP contribution in [0.5, 0.6) is 5.75 Å². The van der Waals surface area contributed by atoms with E-state index in [0.29, 0.717) is 5.56 Å². The molecule has 3 aromatic rings. The number of aromatic hydroxyl groups is 1. The Morgan fingerprint density at radius 1 is 1.11 bits per heavy atom. The Balaban J connectivity index is 1.93. The Labute approximate surface area is 109 Å². The van der Waals surface area contributed by atoms with Gasteiger partial charge in [0.15, 0.2) is 0 Å². The molecular weight excluding hydrogens is 240 g/mol. The van der Waals surface area contributed by atoms with E-state index >= 15 is 0 Å². The van der Waals surface area contributed by atoms with Gasteiger partial charge >= 0.3 is 0 Å². The average Bonchev–Trinajstić information content (AvgIpc) is 2.88. The van der Waals surface area contributed by atoms with Crippen molar-refractivity contribution in [2.75, 3.05) is 5.32 Å². The predicted octanol–water partition coefficient (Wildman–Crippen LogP) is 3.13. The van der Waals surface area contributed by atoms with Crippen LogP contribution < -0.4 is 5.32 Å². The molecule has 0 atom stereocenters. The van der Waals surface area contributed by atoms with Gasteiger partial charge in [0, 0.05) is 22.7 Å². The van der Waals surface area contributed by atoms with Crippen molar-refractivity contribution in [1.82, 2.24) is 4.98 Å². The highest BCUT2D eigenvalue weighted by Gasteiger charge is 2.09. The van der Waals surface area contributed by atoms with Crippen molar-refractivity contribution in [3.63, 3.8) is 0 Å². The van der Waals surface area contributed by atoms with Gasteiger partial charge in [-0.3, -0.25) is 4.79 Å². The lowest BCUT2D eigenvalue weighted by Crippen LogP contribution is -2.11. The van der Waals surface area contributed by atoms with E-state index in [-0.39, 0.29) is 11.7 Å². The van der Waals surface area contributed by atoms with Gasteiger partial charge in [0.2, 0.25) is 0 Å². The van der Waals surface area contributed by atoms with Crippen LogP contribution in [0.15, 0.2) is 54.7 Å². The standard InChI is InChI=1S/C15H12N2O2/c18-11-4-1-3-10(9-11)15(19)17-14-6-2-5-13-12(14)7-8-16-13/h1-9,16,18H,(H,17,19). The van der Waals surface area contributed by atoms with Gasteiger partial charge in [-0.05, 0) is 36.4 Å². The van der Waals surface area contributed by atoms with Crippen molar-refractivity contribution in [2.45, 2.75) is 0 Å². The highest BCUT2D eigenvalue weighted by Crippen LogP contribution is 2.23. The van der Waals surface area contributed by atoms with E-state index in [4.69, 9.17) is 0 Å². The summed E-state index contributed by atoms with van der Waals surface area (Å²) in [6.45, 7) is 0. The van der Waals surface area contributed by atoms with Crippen molar-refractivity contribution in [3.05, 3.63) is 60.3 Å². The Bertz CT molecular complexity index is 746. The maximum absolute atomic E-state index is 12.1. The summed E-state index contributed by atoms with van der Waals surface area (Å²) < 4.78 is 0. The number of fused-ring (bicyclic) bond motifs is 1. The molecule has 0 bridgehead atoms. The number of amides is 1. The highest BCUT2D eigenvalue weighted by atomic mass is 16.3. The van der Waals surface area contributed by atoms with Crippen molar-refractivity contribution < 1.29 is 9.90 Å². The van der Waals surface area contributed by atoms with Gasteiger partial charge < -0.3 is 15.4 Å². The normalized spacial score (nSPS) is 10.5. The number of aromatic nitrogens is 1. The molecule has 2 aromatic carbocycles. The Kier molecular flexibility index (Phi) is 2.68. The Morgan fingerprint density at radius 2 is 1.95 bits per heavy atom. The molecule has 4 nitrogen and oxygen atoms in total. The van der Waals surface area contributed by atoms with Crippen LogP contribution in [0.1, 0.15) is 10.4 Å². The van der Waals surface area contributed by atoms with Crippen LogP contribution in [0.3, 0.4) is 0 Å². The average molecular weight is 252 g/mol. The summed E-state index contributed by atoms with van der Waals surface area (Å²) in [5.41, 5.74) is 2.13. The summed E-state index contributed by atoms with van der Waals surface area (Å²) >= 11 is 0. The molecule has 3 N–H and O–H groups in total. The number of benzene rings is 2. The van der Waals surface area contributed by atoms with Gasteiger partial charge in [-0.15, -0.1) is 0 Å². The van der Waals surface area contributed by atoms with E-state index in [2.05, 4.69) is 10.3 Å². The lowest BCUT2D eigenvalue weighted by Gasteiger charge is -2.07. The molecule has 1 aromatic heterocycles. The van der Waals surface area contributed by atoms with Crippen LogP contribution in [0.2, 0.25) is 0 Å². The summed E-state index contributed by atoms with van der Waals surface area (Å²) in [7, 11) is 0. The third-order valence-corrected chi connectivity index (χ3v) is 2.95. The molecule has 4 heteroatoms. The number of nitrogens with one attached hydrogen (secondary N) is 2. The van der Waals surface area contributed by atoms with Gasteiger partial charge in [-0.25, -0.2) is 0 Å². The fourth-order valence-corrected chi connectivity index (χ4v) is 2.04. The van der Waals surface area contributed by atoms with Crippen molar-refractivity contribution >= 4 is 22.5 Å². The zero-order valence-electron chi connectivity index (χ0n) is 10.1. The molecule has 0 aliphatic carbocycles. The lowest BCUT2D eigenvalue weighted by atomic mass is 10.1. The molecule has 19 heavy (non-hydrogen) atoms. The fourth-order valence-electron chi connectivity index (χ4n) is 2.04. The monoisotopic (exact) mass is 252 g/mol. The molecule has 0 spiro atoms. The number of carbonyl (C=O) groups excluding carboxylic acids is 1. The number of hydrogen-bond donors (Lipinski definition) is 3. The van der Waals surface area contributed by atoms with E-state index in [1.807, 2.05) is 30.5 Å². The SMILES string of the molecule is O=C(Nc1cccc2[nH]ccc12)c1cccc(O)c1. The number of aromatic amines is 1. The molecule has 0 fully saturated rings. The lowest BCUT2D eigenvalue weighted by molar-refractivity contribution is 0.102. The number of phenols is 1. The van der Waals surface area contributed by atoms with E-state index in [1.54, 1.807) is 12.1 Å². The van der Waals surface area contributed by atoms with Gasteiger partial charge in [0.25, 0.3) is 5.91 Å². The van der Waals surface area contributed by atoms with Crippen molar-refractivity contribution in [3.8, 4) is 5.75 Å². The highest BCUT2D eigenvalue weighted by molar-refractivity contribution is 6.08. The molecule has 94 valence electrons. The van der Waals surface area contributed by atoms with E-state index in [0.717, 1.165) is 16.6 Å². The predicted molar refractivity (Wildman–Crippen MR) is 74.4 cm³/mol. The second-order valence-corrected chi connectivity index (χ2v) is 4.25. The van der Waals surface area contributed by atoms with Gasteiger partial charge in [-0.1, -0.05) is 12.1 Å². The molecule has 0 saturated carbocycles. The second-order valence-electron chi connectivity index (χ2n) is 4.25. The molecule has 0 unspecified atom stereocenters. The van der Waals surface area contributed by atoms with Crippen molar-refractivity contribution in [2.24, 2.45) is 0 Å². The van der Waals surface area contributed by atoms with Crippen LogP contribution in [0.25, 0.3) is 10.9 Å². The largest absolute Gasteiger partial charge is 0.508 e. The maximum Gasteiger partial charge on any atom is 0.255 e. The number of carbonyl (C=O) groups is 1. The summed E-state index contributed by atoms with van der Waals surface area (Å²) in [6, 6.07) is 13.8. The first-order chi connectivity index (χ1) is 9.24. The molecule has 1 heterocycles. The summed E-state index contributed by atoms with van der Waals surface area (Å²) in [6.07, 6.45) is 1.83. The summed E-state index contributed by atoms with van der Waals surface area (Å²) in [5, 5.41) is 13.2. The van der Waals surface area contributed by atoms with Crippen LogP contribution >= 0.6 is 0 Å². The third-order valence-electron chi connectivity index (χ3n) is 2.95. The number of hydrogen-bond acceptors (Lipinski definition) is 2. The van der Waals surface area contributed by atoms with E-state index in [9.17, 15) is 9.90 Å². The minimum Gasteiger partial charge on any atom is -0.508 e. The van der Waals surface area contributed by atoms with Crippen LogP contribution in [0, 0.1) is 0 Å². The Morgan fingerprint density at radius 3 is 2.79 bits per heavy atom. The van der Waals surface area contributed by atoms with Gasteiger partial charge in [0.05, 0.1) is 5.69 Å². The fraction of sp³-hybridized carbons (Fsp3) is 0. The van der Waals surface area contributed by atoms with Crippen LogP contribution in [-0.4, -0.2) is 16.0 Å². The first-order valence-electron chi connectivity index (χ1n) is 5.90. The molecule has 0 saturated heterocycles. The van der Waals surface area contributed by atoms with Gasteiger partial charge in [-0.2, -0.15) is 0 Å². The zero-order valence-corrected chi connectivity index (χ0v) is 10.1. The second kappa shape index (κ2) is 4.49. The zero-order chi connectivity index (χ0) is 13.2. The first kappa shape index (κ1) is 11.3. The molecule has 3 rings (SSSR count). The molecule has 0 aliphatic rings. The topological polar surface area (TPSA) is 65.1 Å². The number of anilines is 1. The minimum atomic E-state index is -0.246. The smallest absolute Gasteiger partial charge is 0.255 e. The third kappa shape index (κ3) is 2.15. The Hall–Kier alpha value is -2.75. The van der Waals surface area contributed by atoms with Crippen molar-refractivity contribution in [1.29, 1.82) is 0 Å². The molecular formula is C15H12N2O2. The number of rotatable bonds is 2. The van der Waals surface area contributed by atoms with Crippen LogP contribution in [-0.2, 0) is 0 Å². The molecule has 0 aliphatic heterocycles. The van der Waals surface area contributed by atoms with Crippen LogP contribution in [0.4, 0.5) is 5.69 Å². The van der Waals surface area contributed by atoms with Gasteiger partial charge in [0.1, 0.15) is 5.75 Å². The summed E-state index contributed by atoms with van der Waals surface area (Å²) in [5.74, 6) is -0.169. The molecule has 0 radical (unpaired) electrons. The number of phenolic OH excluding ortho intramolecular Hbond substituents is 1. The van der Waals surface area contributed by atoms with E-state index in [1.165, 1.54) is 12.1 Å². The maximum atomic E-state index is 12.1. The van der Waals surface area contributed by atoms with E-state index < -0.39 is 0 Å². The molecule has 1 amide bonds. The number of H-pyrrole nitrogens is 1. The first-order valence-corrected chi connectivity index (χ1v) is 5.90.